The van der Waals surface area contributed by atoms with Crippen LogP contribution in [0.4, 0.5) is 0 Å². The average molecular weight is 291 g/mol. The van der Waals surface area contributed by atoms with Crippen molar-refractivity contribution < 1.29 is 17.4 Å². The number of carbonyl (C=O) groups is 1. The third-order valence-electron chi connectivity index (χ3n) is 2.67. The van der Waals surface area contributed by atoms with E-state index in [1.165, 1.54) is 6.07 Å². The molecule has 20 heavy (non-hydrogen) atoms. The summed E-state index contributed by atoms with van der Waals surface area (Å²) < 4.78 is 25.9. The Kier molecular flexibility index (Phi) is 4.16. The van der Waals surface area contributed by atoms with Gasteiger partial charge in [0.2, 0.25) is 0 Å². The first-order valence-electron chi connectivity index (χ1n) is 5.84. The molecule has 0 unspecified atom stereocenters. The van der Waals surface area contributed by atoms with E-state index in [9.17, 15) is 13.2 Å². The lowest BCUT2D eigenvalue weighted by atomic mass is 10.00. The van der Waals surface area contributed by atoms with Crippen molar-refractivity contribution in [3.63, 3.8) is 0 Å². The highest BCUT2D eigenvalue weighted by Crippen LogP contribution is 2.15. The molecule has 0 aliphatic heterocycles. The topological polar surface area (TPSA) is 86.5 Å². The Hall–Kier alpha value is -2.18. The maximum atomic E-state index is 11.8. The van der Waals surface area contributed by atoms with E-state index in [2.05, 4.69) is 4.18 Å². The summed E-state index contributed by atoms with van der Waals surface area (Å²) in [5.41, 5.74) is 1.86. The van der Waals surface area contributed by atoms with Gasteiger partial charge in [-0.1, -0.05) is 48.5 Å². The number of benzene rings is 2. The van der Waals surface area contributed by atoms with Crippen molar-refractivity contribution in [3.05, 3.63) is 71.3 Å². The van der Waals surface area contributed by atoms with Gasteiger partial charge in [-0.05, 0) is 23.6 Å². The molecule has 0 saturated carbocycles. The molecule has 6 heteroatoms. The summed E-state index contributed by atoms with van der Waals surface area (Å²) in [5, 5.41) is 4.71. The van der Waals surface area contributed by atoms with Crippen LogP contribution in [0.1, 0.15) is 21.5 Å². The predicted molar refractivity (Wildman–Crippen MR) is 74.2 cm³/mol. The minimum atomic E-state index is -4.31. The molecule has 0 amide bonds. The van der Waals surface area contributed by atoms with Crippen LogP contribution in [0, 0.1) is 0 Å². The van der Waals surface area contributed by atoms with E-state index in [0.29, 0.717) is 12.0 Å². The molecular weight excluding hydrogens is 278 g/mol. The SMILES string of the molecule is NS(=O)(=O)OC(=O)c1ccccc1Cc1ccccc1. The number of hydrogen-bond acceptors (Lipinski definition) is 4. The van der Waals surface area contributed by atoms with Crippen molar-refractivity contribution in [2.45, 2.75) is 6.42 Å². The van der Waals surface area contributed by atoms with Crippen molar-refractivity contribution in [1.29, 1.82) is 0 Å². The molecule has 0 radical (unpaired) electrons. The second kappa shape index (κ2) is 5.85. The van der Waals surface area contributed by atoms with Crippen molar-refractivity contribution in [3.8, 4) is 0 Å². The zero-order valence-corrected chi connectivity index (χ0v) is 11.3. The van der Waals surface area contributed by atoms with E-state index >= 15 is 0 Å². The molecule has 104 valence electrons. The van der Waals surface area contributed by atoms with E-state index in [4.69, 9.17) is 5.14 Å². The van der Waals surface area contributed by atoms with Crippen LogP contribution in [0.15, 0.2) is 54.6 Å². The average Bonchev–Trinajstić information content (AvgIpc) is 2.38. The lowest BCUT2D eigenvalue weighted by molar-refractivity contribution is 0.0746. The van der Waals surface area contributed by atoms with Gasteiger partial charge in [0.15, 0.2) is 0 Å². The van der Waals surface area contributed by atoms with Gasteiger partial charge in [-0.2, -0.15) is 13.6 Å². The predicted octanol–water partition coefficient (Wildman–Crippen LogP) is 1.64. The summed E-state index contributed by atoms with van der Waals surface area (Å²) in [6, 6.07) is 16.2. The molecule has 0 aliphatic rings. The van der Waals surface area contributed by atoms with E-state index in [1.807, 2.05) is 30.3 Å². The molecule has 2 aromatic rings. The van der Waals surface area contributed by atoms with Crippen LogP contribution in [0.3, 0.4) is 0 Å². The third kappa shape index (κ3) is 3.91. The van der Waals surface area contributed by atoms with Crippen molar-refractivity contribution in [2.75, 3.05) is 0 Å². The normalized spacial score (nSPS) is 11.1. The zero-order valence-electron chi connectivity index (χ0n) is 10.5. The lowest BCUT2D eigenvalue weighted by Crippen LogP contribution is -2.21. The third-order valence-corrected chi connectivity index (χ3v) is 3.05. The fraction of sp³-hybridized carbons (Fsp3) is 0.0714. The molecule has 0 atom stereocenters. The first-order chi connectivity index (χ1) is 9.46. The van der Waals surface area contributed by atoms with Gasteiger partial charge in [0, 0.05) is 0 Å². The van der Waals surface area contributed by atoms with Crippen LogP contribution in [-0.4, -0.2) is 14.4 Å². The second-order valence-electron chi connectivity index (χ2n) is 4.18. The minimum Gasteiger partial charge on any atom is -0.330 e. The van der Waals surface area contributed by atoms with Crippen LogP contribution in [0.2, 0.25) is 0 Å². The molecule has 0 aliphatic carbocycles. The first-order valence-corrected chi connectivity index (χ1v) is 7.31. The maximum Gasteiger partial charge on any atom is 0.382 e. The fourth-order valence-corrected chi connectivity index (χ4v) is 2.14. The number of carbonyl (C=O) groups excluding carboxylic acids is 1. The molecular formula is C14H13NO4S. The first kappa shape index (κ1) is 14.2. The Bertz CT molecular complexity index is 711. The molecule has 5 nitrogen and oxygen atoms in total. The molecule has 0 spiro atoms. The summed E-state index contributed by atoms with van der Waals surface area (Å²) in [5.74, 6) is -0.973. The van der Waals surface area contributed by atoms with Gasteiger partial charge in [-0.25, -0.2) is 4.79 Å². The molecule has 0 heterocycles. The zero-order chi connectivity index (χ0) is 14.6. The molecule has 0 saturated heterocycles. The summed E-state index contributed by atoms with van der Waals surface area (Å²) in [4.78, 5) is 11.8. The van der Waals surface area contributed by atoms with Gasteiger partial charge < -0.3 is 4.18 Å². The molecule has 2 aromatic carbocycles. The van der Waals surface area contributed by atoms with Crippen LogP contribution in [0.5, 0.6) is 0 Å². The fourth-order valence-electron chi connectivity index (χ4n) is 1.84. The Labute approximate surface area is 117 Å². The minimum absolute atomic E-state index is 0.186. The van der Waals surface area contributed by atoms with Crippen molar-refractivity contribution in [2.24, 2.45) is 5.14 Å². The summed E-state index contributed by atoms with van der Waals surface area (Å²) >= 11 is 0. The van der Waals surface area contributed by atoms with E-state index < -0.39 is 16.3 Å². The lowest BCUT2D eigenvalue weighted by Gasteiger charge is -2.08. The van der Waals surface area contributed by atoms with Crippen LogP contribution in [-0.2, 0) is 20.9 Å². The van der Waals surface area contributed by atoms with Crippen molar-refractivity contribution in [1.82, 2.24) is 0 Å². The highest BCUT2D eigenvalue weighted by Gasteiger charge is 2.17. The van der Waals surface area contributed by atoms with Gasteiger partial charge in [0.1, 0.15) is 0 Å². The van der Waals surface area contributed by atoms with Gasteiger partial charge in [0.05, 0.1) is 5.56 Å². The van der Waals surface area contributed by atoms with E-state index in [0.717, 1.165) is 5.56 Å². The van der Waals surface area contributed by atoms with Gasteiger partial charge in [0.25, 0.3) is 0 Å². The highest BCUT2D eigenvalue weighted by molar-refractivity contribution is 7.84. The number of hydrogen-bond donors (Lipinski definition) is 1. The highest BCUT2D eigenvalue weighted by atomic mass is 32.2. The number of nitrogens with two attached hydrogens (primary N) is 1. The quantitative estimate of drug-likeness (QED) is 0.927. The Morgan fingerprint density at radius 3 is 2.25 bits per heavy atom. The van der Waals surface area contributed by atoms with Crippen molar-refractivity contribution >= 4 is 16.3 Å². The second-order valence-corrected chi connectivity index (χ2v) is 5.34. The molecule has 0 bridgehead atoms. The Morgan fingerprint density at radius 1 is 1.00 bits per heavy atom. The molecule has 0 aromatic heterocycles. The Balaban J connectivity index is 2.29. The van der Waals surface area contributed by atoms with E-state index in [1.54, 1.807) is 18.2 Å². The standard InChI is InChI=1S/C14H13NO4S/c15-20(17,18)19-14(16)13-9-5-4-8-12(13)10-11-6-2-1-3-7-11/h1-9H,10H2,(H2,15,17,18). The maximum absolute atomic E-state index is 11.8. The molecule has 2 N–H and O–H groups in total. The van der Waals surface area contributed by atoms with Gasteiger partial charge in [-0.3, -0.25) is 0 Å². The van der Waals surface area contributed by atoms with Gasteiger partial charge in [-0.15, -0.1) is 0 Å². The van der Waals surface area contributed by atoms with Gasteiger partial charge >= 0.3 is 16.3 Å². The van der Waals surface area contributed by atoms with Crippen LogP contribution in [0.25, 0.3) is 0 Å². The largest absolute Gasteiger partial charge is 0.382 e. The summed E-state index contributed by atoms with van der Waals surface area (Å²) in [6.07, 6.45) is 0.497. The summed E-state index contributed by atoms with van der Waals surface area (Å²) in [6.45, 7) is 0. The van der Waals surface area contributed by atoms with Crippen LogP contribution >= 0.6 is 0 Å². The molecule has 2 rings (SSSR count). The summed E-state index contributed by atoms with van der Waals surface area (Å²) in [7, 11) is -4.31. The monoisotopic (exact) mass is 291 g/mol. The smallest absolute Gasteiger partial charge is 0.330 e. The van der Waals surface area contributed by atoms with E-state index in [-0.39, 0.29) is 5.56 Å². The Morgan fingerprint density at radius 2 is 1.60 bits per heavy atom. The van der Waals surface area contributed by atoms with Crippen LogP contribution < -0.4 is 5.14 Å². The number of rotatable bonds is 4. The molecule has 0 fully saturated rings.